The van der Waals surface area contributed by atoms with Crippen LogP contribution in [0.4, 0.5) is 10.7 Å². The first-order chi connectivity index (χ1) is 11.5. The van der Waals surface area contributed by atoms with Gasteiger partial charge in [0.25, 0.3) is 0 Å². The van der Waals surface area contributed by atoms with Crippen molar-refractivity contribution in [3.8, 4) is 0 Å². The minimum atomic E-state index is -1.50. The number of H-pyrrole nitrogens is 1. The number of carbonyl (C=O) groups is 1. The molecule has 0 saturated carbocycles. The second kappa shape index (κ2) is 6.80. The Hall–Kier alpha value is -2.09. The van der Waals surface area contributed by atoms with Crippen molar-refractivity contribution in [2.45, 2.75) is 9.79 Å². The third-order valence-electron chi connectivity index (χ3n) is 3.17. The fourth-order valence-corrected chi connectivity index (χ4v) is 3.77. The molecule has 2 N–H and O–H groups in total. The van der Waals surface area contributed by atoms with Crippen LogP contribution in [0.15, 0.2) is 46.2 Å². The number of benzene rings is 2. The van der Waals surface area contributed by atoms with Gasteiger partial charge in [0, 0.05) is 9.92 Å². The number of hydrogen-bond acceptors (Lipinski definition) is 4. The van der Waals surface area contributed by atoms with E-state index in [-0.39, 0.29) is 5.95 Å². The smallest absolute Gasteiger partial charge is 0.413 e. The first-order valence-electron chi connectivity index (χ1n) is 6.69. The van der Waals surface area contributed by atoms with Crippen molar-refractivity contribution in [3.63, 3.8) is 0 Å². The number of aromatic amines is 1. The van der Waals surface area contributed by atoms with Crippen molar-refractivity contribution < 1.29 is 13.7 Å². The number of imidazole rings is 1. The molecule has 3 rings (SSSR count). The molecular weight excluding hydrogens is 373 g/mol. The molecule has 0 spiro atoms. The first-order valence-corrected chi connectivity index (χ1v) is 8.60. The summed E-state index contributed by atoms with van der Waals surface area (Å²) in [5, 5.41) is 3.26. The van der Waals surface area contributed by atoms with E-state index in [2.05, 4.69) is 20.0 Å². The molecule has 9 heteroatoms. The zero-order valence-corrected chi connectivity index (χ0v) is 14.6. The van der Waals surface area contributed by atoms with Gasteiger partial charge in [0.2, 0.25) is 5.95 Å². The van der Waals surface area contributed by atoms with Gasteiger partial charge in [0.15, 0.2) is 0 Å². The zero-order chi connectivity index (χ0) is 17.3. The van der Waals surface area contributed by atoms with Gasteiger partial charge in [-0.15, -0.1) is 0 Å². The Kier molecular flexibility index (Phi) is 4.75. The summed E-state index contributed by atoms with van der Waals surface area (Å²) in [5.74, 6) is 0.237. The molecule has 0 radical (unpaired) electrons. The van der Waals surface area contributed by atoms with Crippen LogP contribution in [0.5, 0.6) is 0 Å². The fraction of sp³-hybridized carbons (Fsp3) is 0.0667. The van der Waals surface area contributed by atoms with Crippen LogP contribution < -0.4 is 5.32 Å². The summed E-state index contributed by atoms with van der Waals surface area (Å²) in [6.07, 6.45) is -0.636. The first kappa shape index (κ1) is 16.8. The lowest BCUT2D eigenvalue weighted by Gasteiger charge is -2.05. The molecule has 124 valence electrons. The van der Waals surface area contributed by atoms with Gasteiger partial charge in [0.05, 0.1) is 38.9 Å². The van der Waals surface area contributed by atoms with Crippen molar-refractivity contribution in [1.82, 2.24) is 9.97 Å². The summed E-state index contributed by atoms with van der Waals surface area (Å²) in [6, 6.07) is 9.86. The molecule has 1 aromatic heterocycles. The van der Waals surface area contributed by atoms with Crippen LogP contribution in [-0.4, -0.2) is 27.4 Å². The summed E-state index contributed by atoms with van der Waals surface area (Å²) in [5.41, 5.74) is 1.23. The number of methoxy groups -OCH3 is 1. The zero-order valence-electron chi connectivity index (χ0n) is 12.3. The van der Waals surface area contributed by atoms with Gasteiger partial charge in [-0.1, -0.05) is 23.2 Å². The number of fused-ring (bicyclic) bond motifs is 1. The number of nitrogens with zero attached hydrogens (tertiary/aromatic N) is 1. The highest BCUT2D eigenvalue weighted by atomic mass is 35.5. The van der Waals surface area contributed by atoms with Gasteiger partial charge in [0.1, 0.15) is 0 Å². The highest BCUT2D eigenvalue weighted by Gasteiger charge is 2.14. The molecule has 0 aliphatic heterocycles. The maximum Gasteiger partial charge on any atom is 0.413 e. The van der Waals surface area contributed by atoms with Crippen LogP contribution >= 0.6 is 23.2 Å². The molecule has 0 fully saturated rings. The number of nitrogens with one attached hydrogen (secondary N) is 2. The predicted molar refractivity (Wildman–Crippen MR) is 93.3 cm³/mol. The summed E-state index contributed by atoms with van der Waals surface area (Å²) >= 11 is 12.1. The monoisotopic (exact) mass is 383 g/mol. The van der Waals surface area contributed by atoms with Crippen molar-refractivity contribution >= 4 is 57.1 Å². The van der Waals surface area contributed by atoms with E-state index in [1.807, 2.05) is 0 Å². The van der Waals surface area contributed by atoms with Crippen LogP contribution in [0.2, 0.25) is 10.0 Å². The number of ether oxygens (including phenoxy) is 1. The normalized spacial score (nSPS) is 12.1. The molecule has 1 heterocycles. The summed E-state index contributed by atoms with van der Waals surface area (Å²) in [4.78, 5) is 19.3. The number of rotatable bonds is 3. The summed E-state index contributed by atoms with van der Waals surface area (Å²) in [7, 11) is -0.246. The lowest BCUT2D eigenvalue weighted by molar-refractivity contribution is 0.186. The quantitative estimate of drug-likeness (QED) is 0.709. The van der Waals surface area contributed by atoms with Gasteiger partial charge < -0.3 is 9.72 Å². The SMILES string of the molecule is COC(=O)Nc1nc2ccc(S(=O)c3cc(Cl)ccc3Cl)cc2[nH]1. The topological polar surface area (TPSA) is 84.1 Å². The fourth-order valence-electron chi connectivity index (χ4n) is 2.06. The standard InChI is InChI=1S/C15H11Cl2N3O3S/c1-23-15(21)20-14-18-11-5-3-9(7-12(11)19-14)24(22)13-6-8(16)2-4-10(13)17/h2-7H,1H3,(H2,18,19,20,21). The van der Waals surface area contributed by atoms with Crippen molar-refractivity contribution in [2.24, 2.45) is 0 Å². The van der Waals surface area contributed by atoms with Crippen molar-refractivity contribution in [1.29, 1.82) is 0 Å². The van der Waals surface area contributed by atoms with Crippen LogP contribution in [0.1, 0.15) is 0 Å². The highest BCUT2D eigenvalue weighted by Crippen LogP contribution is 2.28. The molecule has 1 amide bonds. The van der Waals surface area contributed by atoms with Gasteiger partial charge in [-0.05, 0) is 36.4 Å². The molecular formula is C15H11Cl2N3O3S. The number of hydrogen-bond donors (Lipinski definition) is 2. The lowest BCUT2D eigenvalue weighted by atomic mass is 10.3. The van der Waals surface area contributed by atoms with Crippen molar-refractivity contribution in [2.75, 3.05) is 12.4 Å². The van der Waals surface area contributed by atoms with Gasteiger partial charge >= 0.3 is 6.09 Å². The van der Waals surface area contributed by atoms with E-state index in [0.29, 0.717) is 30.9 Å². The van der Waals surface area contributed by atoms with E-state index in [1.165, 1.54) is 7.11 Å². The van der Waals surface area contributed by atoms with Gasteiger partial charge in [-0.2, -0.15) is 0 Å². The van der Waals surface area contributed by atoms with Crippen LogP contribution in [-0.2, 0) is 15.5 Å². The number of anilines is 1. The molecule has 0 aliphatic carbocycles. The molecule has 1 unspecified atom stereocenters. The largest absolute Gasteiger partial charge is 0.453 e. The Morgan fingerprint density at radius 1 is 1.25 bits per heavy atom. The van der Waals surface area contributed by atoms with E-state index in [1.54, 1.807) is 36.4 Å². The number of amides is 1. The van der Waals surface area contributed by atoms with Crippen LogP contribution in [0.3, 0.4) is 0 Å². The Morgan fingerprint density at radius 3 is 2.79 bits per heavy atom. The number of aromatic nitrogens is 2. The summed E-state index contributed by atoms with van der Waals surface area (Å²) < 4.78 is 17.2. The minimum absolute atomic E-state index is 0.237. The van der Waals surface area contributed by atoms with E-state index >= 15 is 0 Å². The average molecular weight is 384 g/mol. The number of carbonyl (C=O) groups excluding carboxylic acids is 1. The summed E-state index contributed by atoms with van der Waals surface area (Å²) in [6.45, 7) is 0. The van der Waals surface area contributed by atoms with E-state index < -0.39 is 16.9 Å². The van der Waals surface area contributed by atoms with E-state index in [0.717, 1.165) is 0 Å². The second-order valence-corrected chi connectivity index (χ2v) is 7.02. The Labute approximate surface area is 149 Å². The van der Waals surface area contributed by atoms with Crippen LogP contribution in [0, 0.1) is 0 Å². The second-order valence-electron chi connectivity index (χ2n) is 4.72. The minimum Gasteiger partial charge on any atom is -0.453 e. The van der Waals surface area contributed by atoms with E-state index in [4.69, 9.17) is 23.2 Å². The third-order valence-corrected chi connectivity index (χ3v) is 5.26. The molecule has 24 heavy (non-hydrogen) atoms. The maximum atomic E-state index is 12.7. The van der Waals surface area contributed by atoms with E-state index in [9.17, 15) is 9.00 Å². The highest BCUT2D eigenvalue weighted by molar-refractivity contribution is 7.85. The molecule has 1 atom stereocenters. The predicted octanol–water partition coefficient (Wildman–Crippen LogP) is 4.21. The third kappa shape index (κ3) is 3.38. The van der Waals surface area contributed by atoms with Gasteiger partial charge in [-0.25, -0.2) is 14.0 Å². The van der Waals surface area contributed by atoms with Gasteiger partial charge in [-0.3, -0.25) is 5.32 Å². The number of halogens is 2. The maximum absolute atomic E-state index is 12.7. The molecule has 2 aromatic carbocycles. The molecule has 3 aromatic rings. The Balaban J connectivity index is 1.96. The van der Waals surface area contributed by atoms with Crippen LogP contribution in [0.25, 0.3) is 11.0 Å². The Bertz CT molecular complexity index is 958. The molecule has 0 bridgehead atoms. The Morgan fingerprint density at radius 2 is 2.04 bits per heavy atom. The average Bonchev–Trinajstić information content (AvgIpc) is 2.97. The lowest BCUT2D eigenvalue weighted by Crippen LogP contribution is -2.11. The molecule has 0 saturated heterocycles. The molecule has 0 aliphatic rings. The molecule has 6 nitrogen and oxygen atoms in total. The van der Waals surface area contributed by atoms with Crippen molar-refractivity contribution in [3.05, 3.63) is 46.4 Å².